The molecule has 6 heteroatoms. The summed E-state index contributed by atoms with van der Waals surface area (Å²) in [6, 6.07) is 12.5. The molecule has 1 unspecified atom stereocenters. The third-order valence-corrected chi connectivity index (χ3v) is 4.08. The molecular weight excluding hydrogens is 335 g/mol. The maximum atomic E-state index is 10.9. The molecule has 122 valence electrons. The van der Waals surface area contributed by atoms with Gasteiger partial charge in [0.25, 0.3) is 0 Å². The number of primary amides is 1. The first-order chi connectivity index (χ1) is 11.0. The molecule has 0 aromatic heterocycles. The SMILES string of the molecule is CC(NCCc1ccc(Oc2ccc(Cl)c(Cl)c2)cc1)C(N)=O. The van der Waals surface area contributed by atoms with Crippen molar-refractivity contribution in [3.8, 4) is 11.5 Å². The third kappa shape index (κ3) is 5.43. The normalized spacial score (nSPS) is 12.0. The fraction of sp³-hybridized carbons (Fsp3) is 0.235. The summed E-state index contributed by atoms with van der Waals surface area (Å²) in [4.78, 5) is 10.9. The maximum Gasteiger partial charge on any atom is 0.234 e. The van der Waals surface area contributed by atoms with Crippen LogP contribution in [0.5, 0.6) is 11.5 Å². The van der Waals surface area contributed by atoms with E-state index in [1.807, 2.05) is 24.3 Å². The summed E-state index contributed by atoms with van der Waals surface area (Å²) in [6.07, 6.45) is 0.796. The van der Waals surface area contributed by atoms with Crippen LogP contribution in [-0.4, -0.2) is 18.5 Å². The summed E-state index contributed by atoms with van der Waals surface area (Å²) in [5.74, 6) is 0.991. The zero-order valence-corrected chi connectivity index (χ0v) is 14.2. The Morgan fingerprint density at radius 3 is 2.39 bits per heavy atom. The van der Waals surface area contributed by atoms with Crippen molar-refractivity contribution in [2.75, 3.05) is 6.54 Å². The van der Waals surface area contributed by atoms with Crippen molar-refractivity contribution < 1.29 is 9.53 Å². The van der Waals surface area contributed by atoms with E-state index in [1.54, 1.807) is 25.1 Å². The van der Waals surface area contributed by atoms with Crippen LogP contribution in [-0.2, 0) is 11.2 Å². The summed E-state index contributed by atoms with van der Waals surface area (Å²) in [5, 5.41) is 4.01. The summed E-state index contributed by atoms with van der Waals surface area (Å²) >= 11 is 11.8. The second-order valence-corrected chi connectivity index (χ2v) is 5.96. The number of carbonyl (C=O) groups excluding carboxylic acids is 1. The van der Waals surface area contributed by atoms with E-state index in [4.69, 9.17) is 33.7 Å². The van der Waals surface area contributed by atoms with Crippen molar-refractivity contribution in [2.45, 2.75) is 19.4 Å². The number of carbonyl (C=O) groups is 1. The highest BCUT2D eigenvalue weighted by Crippen LogP contribution is 2.29. The van der Waals surface area contributed by atoms with Crippen molar-refractivity contribution in [1.29, 1.82) is 0 Å². The molecular formula is C17H18Cl2N2O2. The molecule has 0 aliphatic rings. The first kappa shape index (κ1) is 17.6. The standard InChI is InChI=1S/C17H18Cl2N2O2/c1-11(17(20)22)21-9-8-12-2-4-13(5-3-12)23-14-6-7-15(18)16(19)10-14/h2-7,10-11,21H,8-9H2,1H3,(H2,20,22). The molecule has 0 saturated carbocycles. The van der Waals surface area contributed by atoms with Gasteiger partial charge in [0.1, 0.15) is 11.5 Å². The Morgan fingerprint density at radius 2 is 1.78 bits per heavy atom. The Kier molecular flexibility index (Phi) is 6.28. The minimum Gasteiger partial charge on any atom is -0.457 e. The zero-order valence-electron chi connectivity index (χ0n) is 12.7. The Bertz CT molecular complexity index is 675. The summed E-state index contributed by atoms with van der Waals surface area (Å²) in [5.41, 5.74) is 6.33. The van der Waals surface area contributed by atoms with Crippen LogP contribution in [0, 0.1) is 0 Å². The number of amides is 1. The summed E-state index contributed by atoms with van der Waals surface area (Å²) < 4.78 is 5.72. The number of ether oxygens (including phenoxy) is 1. The topological polar surface area (TPSA) is 64.3 Å². The number of rotatable bonds is 7. The van der Waals surface area contributed by atoms with Crippen LogP contribution in [0.1, 0.15) is 12.5 Å². The van der Waals surface area contributed by atoms with Gasteiger partial charge in [-0.2, -0.15) is 0 Å². The highest BCUT2D eigenvalue weighted by Gasteiger charge is 2.06. The fourth-order valence-corrected chi connectivity index (χ4v) is 2.22. The molecule has 2 aromatic rings. The van der Waals surface area contributed by atoms with Gasteiger partial charge in [0.2, 0.25) is 5.91 Å². The van der Waals surface area contributed by atoms with E-state index in [9.17, 15) is 4.79 Å². The molecule has 0 heterocycles. The third-order valence-electron chi connectivity index (χ3n) is 3.34. The van der Waals surface area contributed by atoms with Gasteiger partial charge in [-0.25, -0.2) is 0 Å². The summed E-state index contributed by atoms with van der Waals surface area (Å²) in [7, 11) is 0. The number of halogens is 2. The molecule has 2 rings (SSSR count). The maximum absolute atomic E-state index is 10.9. The zero-order chi connectivity index (χ0) is 16.8. The fourth-order valence-electron chi connectivity index (χ4n) is 1.93. The van der Waals surface area contributed by atoms with E-state index >= 15 is 0 Å². The molecule has 0 aliphatic heterocycles. The minimum atomic E-state index is -0.352. The lowest BCUT2D eigenvalue weighted by Gasteiger charge is -2.10. The molecule has 0 spiro atoms. The molecule has 0 bridgehead atoms. The second-order valence-electron chi connectivity index (χ2n) is 5.15. The number of benzene rings is 2. The van der Waals surface area contributed by atoms with E-state index in [-0.39, 0.29) is 11.9 Å². The molecule has 23 heavy (non-hydrogen) atoms. The molecule has 4 nitrogen and oxygen atoms in total. The highest BCUT2D eigenvalue weighted by molar-refractivity contribution is 6.42. The molecule has 1 amide bonds. The van der Waals surface area contributed by atoms with Gasteiger partial charge in [0.15, 0.2) is 0 Å². The first-order valence-corrected chi connectivity index (χ1v) is 7.96. The second kappa shape index (κ2) is 8.20. The quantitative estimate of drug-likeness (QED) is 0.796. The number of nitrogens with two attached hydrogens (primary N) is 1. The largest absolute Gasteiger partial charge is 0.457 e. The van der Waals surface area contributed by atoms with Crippen molar-refractivity contribution >= 4 is 29.1 Å². The number of nitrogens with one attached hydrogen (secondary N) is 1. The van der Waals surface area contributed by atoms with Crippen LogP contribution in [0.2, 0.25) is 10.0 Å². The Morgan fingerprint density at radius 1 is 1.13 bits per heavy atom. The average Bonchev–Trinajstić information content (AvgIpc) is 2.52. The molecule has 0 fully saturated rings. The Balaban J connectivity index is 1.89. The first-order valence-electron chi connectivity index (χ1n) is 7.20. The lowest BCUT2D eigenvalue weighted by Crippen LogP contribution is -2.39. The molecule has 3 N–H and O–H groups in total. The van der Waals surface area contributed by atoms with E-state index in [0.29, 0.717) is 28.1 Å². The van der Waals surface area contributed by atoms with Crippen molar-refractivity contribution in [2.24, 2.45) is 5.73 Å². The van der Waals surface area contributed by atoms with E-state index in [2.05, 4.69) is 5.32 Å². The van der Waals surface area contributed by atoms with Crippen molar-refractivity contribution in [1.82, 2.24) is 5.32 Å². The van der Waals surface area contributed by atoms with Crippen LogP contribution >= 0.6 is 23.2 Å². The van der Waals surface area contributed by atoms with E-state index < -0.39 is 0 Å². The van der Waals surface area contributed by atoms with Gasteiger partial charge in [0.05, 0.1) is 16.1 Å². The van der Waals surface area contributed by atoms with Gasteiger partial charge in [-0.05, 0) is 49.7 Å². The van der Waals surface area contributed by atoms with Crippen LogP contribution in [0.4, 0.5) is 0 Å². The van der Waals surface area contributed by atoms with Crippen LogP contribution in [0.25, 0.3) is 0 Å². The van der Waals surface area contributed by atoms with Gasteiger partial charge in [-0.15, -0.1) is 0 Å². The van der Waals surface area contributed by atoms with E-state index in [0.717, 1.165) is 12.0 Å². The van der Waals surface area contributed by atoms with Gasteiger partial charge in [0, 0.05) is 6.07 Å². The lowest BCUT2D eigenvalue weighted by atomic mass is 10.1. The van der Waals surface area contributed by atoms with Crippen LogP contribution in [0.15, 0.2) is 42.5 Å². The number of hydrogen-bond donors (Lipinski definition) is 2. The van der Waals surface area contributed by atoms with E-state index in [1.165, 1.54) is 0 Å². The molecule has 0 radical (unpaired) electrons. The predicted molar refractivity (Wildman–Crippen MR) is 93.3 cm³/mol. The minimum absolute atomic E-state index is 0.327. The Labute approximate surface area is 145 Å². The molecule has 0 saturated heterocycles. The van der Waals surface area contributed by atoms with Gasteiger partial charge in [-0.1, -0.05) is 35.3 Å². The molecule has 1 atom stereocenters. The van der Waals surface area contributed by atoms with Crippen LogP contribution < -0.4 is 15.8 Å². The lowest BCUT2D eigenvalue weighted by molar-refractivity contribution is -0.119. The predicted octanol–water partition coefficient (Wildman–Crippen LogP) is 3.79. The monoisotopic (exact) mass is 352 g/mol. The molecule has 2 aromatic carbocycles. The highest BCUT2D eigenvalue weighted by atomic mass is 35.5. The molecule has 0 aliphatic carbocycles. The van der Waals surface area contributed by atoms with Gasteiger partial charge < -0.3 is 15.8 Å². The van der Waals surface area contributed by atoms with Crippen LogP contribution in [0.3, 0.4) is 0 Å². The smallest absolute Gasteiger partial charge is 0.234 e. The van der Waals surface area contributed by atoms with Crippen molar-refractivity contribution in [3.05, 3.63) is 58.1 Å². The number of hydrogen-bond acceptors (Lipinski definition) is 3. The van der Waals surface area contributed by atoms with Gasteiger partial charge in [-0.3, -0.25) is 4.79 Å². The average molecular weight is 353 g/mol. The summed E-state index contributed by atoms with van der Waals surface area (Å²) in [6.45, 7) is 2.42. The van der Waals surface area contributed by atoms with Gasteiger partial charge >= 0.3 is 0 Å². The Hall–Kier alpha value is -1.75. The van der Waals surface area contributed by atoms with Crippen molar-refractivity contribution in [3.63, 3.8) is 0 Å².